The van der Waals surface area contributed by atoms with Crippen LogP contribution in [0.25, 0.3) is 6.20 Å². The van der Waals surface area contributed by atoms with E-state index in [0.29, 0.717) is 19.6 Å². The van der Waals surface area contributed by atoms with Crippen molar-refractivity contribution in [3.63, 3.8) is 0 Å². The summed E-state index contributed by atoms with van der Waals surface area (Å²) < 4.78 is 6.68. The molecular formula is C11H13N5O2. The van der Waals surface area contributed by atoms with Gasteiger partial charge >= 0.3 is 0 Å². The fourth-order valence-electron chi connectivity index (χ4n) is 1.78. The third-order valence-electron chi connectivity index (χ3n) is 2.75. The number of carbonyl (C=O) groups is 1. The molecule has 4 N–H and O–H groups in total. The molecule has 0 aliphatic carbocycles. The summed E-state index contributed by atoms with van der Waals surface area (Å²) in [5.41, 5.74) is 11.7. The van der Waals surface area contributed by atoms with Crippen molar-refractivity contribution in [1.29, 1.82) is 5.26 Å². The van der Waals surface area contributed by atoms with Gasteiger partial charge < -0.3 is 16.2 Å². The van der Waals surface area contributed by atoms with Gasteiger partial charge in [-0.25, -0.2) is 4.68 Å². The molecule has 1 atom stereocenters. The molecule has 0 bridgehead atoms. The smallest absolute Gasteiger partial charge is 0.254 e. The van der Waals surface area contributed by atoms with Crippen LogP contribution in [0, 0.1) is 17.2 Å². The van der Waals surface area contributed by atoms with Crippen molar-refractivity contribution in [2.75, 3.05) is 18.9 Å². The van der Waals surface area contributed by atoms with Gasteiger partial charge in [-0.05, 0) is 12.0 Å². The minimum atomic E-state index is -0.631. The summed E-state index contributed by atoms with van der Waals surface area (Å²) in [6, 6.07) is 2.21. The van der Waals surface area contributed by atoms with Crippen LogP contribution in [0.4, 0.5) is 5.82 Å². The Labute approximate surface area is 104 Å². The third kappa shape index (κ3) is 2.33. The van der Waals surface area contributed by atoms with E-state index < -0.39 is 5.91 Å². The third-order valence-corrected chi connectivity index (χ3v) is 2.75. The fraction of sp³-hybridized carbons (Fsp3) is 0.364. The Morgan fingerprint density at radius 3 is 3.11 bits per heavy atom. The lowest BCUT2D eigenvalue weighted by Gasteiger charge is -2.19. The van der Waals surface area contributed by atoms with Crippen LogP contribution in [0.1, 0.15) is 16.8 Å². The van der Waals surface area contributed by atoms with E-state index in [0.717, 1.165) is 5.57 Å². The number of nitrogens with zero attached hydrogens (tertiary/aromatic N) is 3. The number of primary amides is 1. The molecule has 2 rings (SSSR count). The number of nitrogen functional groups attached to an aromatic ring is 1. The Morgan fingerprint density at radius 2 is 2.50 bits per heavy atom. The standard InChI is InChI=1S/C11H13N5O2/c12-3-7-1-2-18-6-8(7)4-16-5-9(11(14)17)10(13)15-16/h4-5,7H,1-2,6H2,(H2,13,15)(H2,14,17)/b8-4-. The molecule has 1 aliphatic rings. The lowest BCUT2D eigenvalue weighted by atomic mass is 9.97. The molecule has 1 aromatic heterocycles. The quantitative estimate of drug-likeness (QED) is 0.760. The second kappa shape index (κ2) is 4.89. The van der Waals surface area contributed by atoms with E-state index in [1.54, 1.807) is 6.20 Å². The Bertz CT molecular complexity index is 540. The summed E-state index contributed by atoms with van der Waals surface area (Å²) in [7, 11) is 0. The molecule has 0 spiro atoms. The number of nitrogens with two attached hydrogens (primary N) is 2. The maximum absolute atomic E-state index is 11.0. The van der Waals surface area contributed by atoms with E-state index in [-0.39, 0.29) is 17.3 Å². The topological polar surface area (TPSA) is 120 Å². The van der Waals surface area contributed by atoms with Crippen LogP contribution in [-0.4, -0.2) is 28.9 Å². The molecule has 7 heteroatoms. The van der Waals surface area contributed by atoms with Gasteiger partial charge in [0.1, 0.15) is 5.56 Å². The summed E-state index contributed by atoms with van der Waals surface area (Å²) in [6.07, 6.45) is 3.74. The number of carbonyl (C=O) groups excluding carboxylic acids is 1. The zero-order chi connectivity index (χ0) is 13.1. The number of ether oxygens (including phenoxy) is 1. The van der Waals surface area contributed by atoms with Gasteiger partial charge in [-0.15, -0.1) is 0 Å². The van der Waals surface area contributed by atoms with Crippen LogP contribution in [0.2, 0.25) is 0 Å². The average molecular weight is 247 g/mol. The predicted octanol–water partition coefficient (Wildman–Crippen LogP) is -0.0348. The zero-order valence-electron chi connectivity index (χ0n) is 9.67. The number of rotatable bonds is 2. The highest BCUT2D eigenvalue weighted by Crippen LogP contribution is 2.21. The van der Waals surface area contributed by atoms with Crippen molar-refractivity contribution >= 4 is 17.9 Å². The summed E-state index contributed by atoms with van der Waals surface area (Å²) in [5, 5.41) is 13.0. The van der Waals surface area contributed by atoms with Gasteiger partial charge in [0, 0.05) is 19.0 Å². The van der Waals surface area contributed by atoms with Crippen LogP contribution in [0.5, 0.6) is 0 Å². The zero-order valence-corrected chi connectivity index (χ0v) is 9.67. The Kier molecular flexibility index (Phi) is 3.30. The molecule has 1 aliphatic heterocycles. The molecule has 0 aromatic carbocycles. The summed E-state index contributed by atoms with van der Waals surface area (Å²) in [5.74, 6) is -0.750. The van der Waals surface area contributed by atoms with Crippen LogP contribution in [0.3, 0.4) is 0 Å². The van der Waals surface area contributed by atoms with E-state index in [1.165, 1.54) is 10.9 Å². The maximum Gasteiger partial charge on any atom is 0.254 e. The lowest BCUT2D eigenvalue weighted by molar-refractivity contribution is 0.100. The Hall–Kier alpha value is -2.33. The van der Waals surface area contributed by atoms with Gasteiger partial charge in [0.05, 0.1) is 18.6 Å². The largest absolute Gasteiger partial charge is 0.382 e. The van der Waals surface area contributed by atoms with Crippen molar-refractivity contribution < 1.29 is 9.53 Å². The highest BCUT2D eigenvalue weighted by Gasteiger charge is 2.19. The first-order chi connectivity index (χ1) is 8.61. The molecule has 1 saturated heterocycles. The minimum absolute atomic E-state index is 0.0737. The summed E-state index contributed by atoms with van der Waals surface area (Å²) in [4.78, 5) is 11.0. The van der Waals surface area contributed by atoms with E-state index in [2.05, 4.69) is 11.2 Å². The van der Waals surface area contributed by atoms with E-state index in [1.807, 2.05) is 0 Å². The maximum atomic E-state index is 11.0. The number of hydrogen-bond acceptors (Lipinski definition) is 5. The van der Waals surface area contributed by atoms with Crippen LogP contribution < -0.4 is 11.5 Å². The van der Waals surface area contributed by atoms with Gasteiger partial charge in [-0.1, -0.05) is 0 Å². The normalized spacial score (nSPS) is 21.7. The SMILES string of the molecule is N#CC1CCOC/C1=C/n1cc(C(N)=O)c(N)n1. The van der Waals surface area contributed by atoms with Crippen LogP contribution >= 0.6 is 0 Å². The molecule has 2 heterocycles. The first-order valence-corrected chi connectivity index (χ1v) is 5.44. The van der Waals surface area contributed by atoms with Crippen molar-refractivity contribution in [2.45, 2.75) is 6.42 Å². The van der Waals surface area contributed by atoms with Crippen LogP contribution in [0.15, 0.2) is 11.8 Å². The minimum Gasteiger partial charge on any atom is -0.382 e. The predicted molar refractivity (Wildman–Crippen MR) is 64.0 cm³/mol. The fourth-order valence-corrected chi connectivity index (χ4v) is 1.78. The summed E-state index contributed by atoms with van der Waals surface area (Å²) in [6.45, 7) is 0.952. The molecule has 1 aromatic rings. The molecule has 1 unspecified atom stereocenters. The molecule has 1 amide bonds. The van der Waals surface area contributed by atoms with Gasteiger partial charge in [-0.3, -0.25) is 4.79 Å². The first kappa shape index (κ1) is 12.1. The number of anilines is 1. The number of nitriles is 1. The van der Waals surface area contributed by atoms with Gasteiger partial charge in [-0.2, -0.15) is 10.4 Å². The van der Waals surface area contributed by atoms with Crippen molar-refractivity contribution in [2.24, 2.45) is 11.7 Å². The Morgan fingerprint density at radius 1 is 1.72 bits per heavy atom. The highest BCUT2D eigenvalue weighted by atomic mass is 16.5. The van der Waals surface area contributed by atoms with E-state index >= 15 is 0 Å². The molecule has 1 fully saturated rings. The van der Waals surface area contributed by atoms with Crippen molar-refractivity contribution in [3.8, 4) is 6.07 Å². The van der Waals surface area contributed by atoms with Gasteiger partial charge in [0.25, 0.3) is 5.91 Å². The number of amides is 1. The Balaban J connectivity index is 2.29. The molecule has 0 saturated carbocycles. The lowest BCUT2D eigenvalue weighted by Crippen LogP contribution is -2.18. The van der Waals surface area contributed by atoms with Gasteiger partial charge in [0.15, 0.2) is 5.82 Å². The average Bonchev–Trinajstić information content (AvgIpc) is 2.71. The molecule has 94 valence electrons. The monoisotopic (exact) mass is 247 g/mol. The first-order valence-electron chi connectivity index (χ1n) is 5.44. The highest BCUT2D eigenvalue weighted by molar-refractivity contribution is 5.97. The van der Waals surface area contributed by atoms with Crippen molar-refractivity contribution in [1.82, 2.24) is 9.78 Å². The van der Waals surface area contributed by atoms with E-state index in [9.17, 15) is 4.79 Å². The molecular weight excluding hydrogens is 234 g/mol. The number of aromatic nitrogens is 2. The van der Waals surface area contributed by atoms with Crippen LogP contribution in [-0.2, 0) is 4.74 Å². The molecule has 18 heavy (non-hydrogen) atoms. The van der Waals surface area contributed by atoms with Crippen molar-refractivity contribution in [3.05, 3.63) is 17.3 Å². The second-order valence-electron chi connectivity index (χ2n) is 4.00. The second-order valence-corrected chi connectivity index (χ2v) is 4.00. The molecule has 0 radical (unpaired) electrons. The van der Waals surface area contributed by atoms with E-state index in [4.69, 9.17) is 21.5 Å². The summed E-state index contributed by atoms with van der Waals surface area (Å²) >= 11 is 0. The molecule has 7 nitrogen and oxygen atoms in total. The number of hydrogen-bond donors (Lipinski definition) is 2. The van der Waals surface area contributed by atoms with Gasteiger partial charge in [0.2, 0.25) is 0 Å².